The number of para-hydroxylation sites is 2. The molecule has 108 valence electrons. The summed E-state index contributed by atoms with van der Waals surface area (Å²) in [6.45, 7) is 0.0944. The van der Waals surface area contributed by atoms with E-state index in [0.717, 1.165) is 0 Å². The molecule has 1 aromatic carbocycles. The maximum absolute atomic E-state index is 12.0. The highest BCUT2D eigenvalue weighted by Crippen LogP contribution is 2.30. The van der Waals surface area contributed by atoms with Gasteiger partial charge in [0.2, 0.25) is 6.10 Å². The van der Waals surface area contributed by atoms with Crippen molar-refractivity contribution in [2.24, 2.45) is 0 Å². The Morgan fingerprint density at radius 1 is 1.14 bits per heavy atom. The van der Waals surface area contributed by atoms with Gasteiger partial charge < -0.3 is 9.47 Å². The second-order valence-corrected chi connectivity index (χ2v) is 5.10. The Hall–Kier alpha value is -2.54. The highest BCUT2D eigenvalue weighted by Gasteiger charge is 2.27. The van der Waals surface area contributed by atoms with Gasteiger partial charge in [0.15, 0.2) is 11.5 Å². The van der Waals surface area contributed by atoms with Crippen molar-refractivity contribution in [1.29, 1.82) is 0 Å². The van der Waals surface area contributed by atoms with E-state index < -0.39 is 12.0 Å². The third-order valence-corrected chi connectivity index (χ3v) is 3.57. The number of amides is 2. The van der Waals surface area contributed by atoms with Gasteiger partial charge in [0.05, 0.1) is 5.56 Å². The van der Waals surface area contributed by atoms with E-state index in [1.165, 1.54) is 11.3 Å². The van der Waals surface area contributed by atoms with E-state index in [-0.39, 0.29) is 12.5 Å². The van der Waals surface area contributed by atoms with Crippen molar-refractivity contribution < 1.29 is 19.1 Å². The molecule has 21 heavy (non-hydrogen) atoms. The van der Waals surface area contributed by atoms with Gasteiger partial charge in [-0.25, -0.2) is 0 Å². The second kappa shape index (κ2) is 5.84. The minimum Gasteiger partial charge on any atom is -0.485 e. The summed E-state index contributed by atoms with van der Waals surface area (Å²) in [4.78, 5) is 23.7. The molecule has 3 rings (SSSR count). The fourth-order valence-electron chi connectivity index (χ4n) is 1.81. The van der Waals surface area contributed by atoms with Crippen LogP contribution in [0, 0.1) is 0 Å². The molecule has 2 aromatic rings. The van der Waals surface area contributed by atoms with Crippen molar-refractivity contribution in [3.63, 3.8) is 0 Å². The van der Waals surface area contributed by atoms with Crippen molar-refractivity contribution in [3.8, 4) is 11.5 Å². The Morgan fingerprint density at radius 3 is 2.71 bits per heavy atom. The number of hydrogen-bond acceptors (Lipinski definition) is 5. The summed E-state index contributed by atoms with van der Waals surface area (Å²) in [6.07, 6.45) is -0.803. The van der Waals surface area contributed by atoms with E-state index in [1.807, 2.05) is 6.07 Å². The van der Waals surface area contributed by atoms with E-state index in [1.54, 1.807) is 35.0 Å². The topological polar surface area (TPSA) is 76.7 Å². The van der Waals surface area contributed by atoms with Gasteiger partial charge in [-0.15, -0.1) is 0 Å². The molecule has 0 spiro atoms. The van der Waals surface area contributed by atoms with Gasteiger partial charge in [0.25, 0.3) is 11.8 Å². The first-order valence-corrected chi connectivity index (χ1v) is 7.19. The number of benzene rings is 1. The highest BCUT2D eigenvalue weighted by molar-refractivity contribution is 7.08. The normalized spacial score (nSPS) is 16.1. The minimum absolute atomic E-state index is 0.0944. The van der Waals surface area contributed by atoms with Gasteiger partial charge in [0.1, 0.15) is 6.61 Å². The molecular formula is C14H12N2O4S. The lowest BCUT2D eigenvalue weighted by Gasteiger charge is -2.25. The quantitative estimate of drug-likeness (QED) is 0.821. The van der Waals surface area contributed by atoms with E-state index >= 15 is 0 Å². The van der Waals surface area contributed by atoms with Crippen molar-refractivity contribution >= 4 is 23.2 Å². The van der Waals surface area contributed by atoms with Crippen molar-refractivity contribution in [1.82, 2.24) is 10.9 Å². The molecule has 0 radical (unpaired) electrons. The van der Waals surface area contributed by atoms with Crippen LogP contribution in [0.2, 0.25) is 0 Å². The number of ether oxygens (including phenoxy) is 2. The molecule has 1 aliphatic heterocycles. The molecule has 0 aliphatic carbocycles. The summed E-state index contributed by atoms with van der Waals surface area (Å²) in [6, 6.07) is 8.77. The predicted molar refractivity (Wildman–Crippen MR) is 76.3 cm³/mol. The Bertz CT molecular complexity index is 657. The standard InChI is InChI=1S/C14H12N2O4S/c17-13(9-5-6-21-8-9)15-16-14(18)12-7-19-10-3-1-2-4-11(10)20-12/h1-6,8,12H,7H2,(H,15,17)(H,16,18). The molecule has 0 fully saturated rings. The van der Waals surface area contributed by atoms with Crippen LogP contribution in [0.4, 0.5) is 0 Å². The molecule has 1 atom stereocenters. The zero-order chi connectivity index (χ0) is 14.7. The summed E-state index contributed by atoms with van der Waals surface area (Å²) < 4.78 is 11.0. The summed E-state index contributed by atoms with van der Waals surface area (Å²) >= 11 is 1.40. The molecule has 6 nitrogen and oxygen atoms in total. The van der Waals surface area contributed by atoms with Gasteiger partial charge in [-0.1, -0.05) is 12.1 Å². The third kappa shape index (κ3) is 2.97. The number of thiophene rings is 1. The van der Waals surface area contributed by atoms with E-state index in [2.05, 4.69) is 10.9 Å². The first-order chi connectivity index (χ1) is 10.2. The largest absolute Gasteiger partial charge is 0.485 e. The van der Waals surface area contributed by atoms with Crippen LogP contribution in [0.3, 0.4) is 0 Å². The van der Waals surface area contributed by atoms with Crippen molar-refractivity contribution in [3.05, 3.63) is 46.7 Å². The fourth-order valence-corrected chi connectivity index (χ4v) is 2.45. The molecule has 2 amide bonds. The highest BCUT2D eigenvalue weighted by atomic mass is 32.1. The zero-order valence-corrected chi connectivity index (χ0v) is 11.7. The first kappa shape index (κ1) is 13.4. The third-order valence-electron chi connectivity index (χ3n) is 2.88. The maximum Gasteiger partial charge on any atom is 0.283 e. The van der Waals surface area contributed by atoms with Gasteiger partial charge in [-0.05, 0) is 23.6 Å². The maximum atomic E-state index is 12.0. The molecule has 0 bridgehead atoms. The van der Waals surface area contributed by atoms with Crippen LogP contribution in [0.25, 0.3) is 0 Å². The van der Waals surface area contributed by atoms with Gasteiger partial charge in [-0.3, -0.25) is 20.4 Å². The Kier molecular flexibility index (Phi) is 3.74. The lowest BCUT2D eigenvalue weighted by molar-refractivity contribution is -0.131. The van der Waals surface area contributed by atoms with Crippen LogP contribution in [0.5, 0.6) is 11.5 Å². The lowest BCUT2D eigenvalue weighted by Crippen LogP contribution is -2.50. The summed E-state index contributed by atoms with van der Waals surface area (Å²) in [7, 11) is 0. The van der Waals surface area contributed by atoms with E-state index in [0.29, 0.717) is 17.1 Å². The van der Waals surface area contributed by atoms with Gasteiger partial charge in [-0.2, -0.15) is 11.3 Å². The molecule has 1 unspecified atom stereocenters. The number of fused-ring (bicyclic) bond motifs is 1. The molecule has 2 N–H and O–H groups in total. The van der Waals surface area contributed by atoms with Crippen molar-refractivity contribution in [2.75, 3.05) is 6.61 Å². The molecule has 1 aromatic heterocycles. The minimum atomic E-state index is -0.803. The lowest BCUT2D eigenvalue weighted by atomic mass is 10.2. The summed E-state index contributed by atoms with van der Waals surface area (Å²) in [5.41, 5.74) is 5.16. The predicted octanol–water partition coefficient (Wildman–Crippen LogP) is 1.35. The van der Waals surface area contributed by atoms with Gasteiger partial charge in [0, 0.05) is 5.38 Å². The molecule has 0 saturated carbocycles. The number of carbonyl (C=O) groups excluding carboxylic acids is 2. The van der Waals surface area contributed by atoms with Crippen LogP contribution in [0.1, 0.15) is 10.4 Å². The first-order valence-electron chi connectivity index (χ1n) is 6.25. The molecule has 0 saturated heterocycles. The molecule has 2 heterocycles. The molecular weight excluding hydrogens is 292 g/mol. The second-order valence-electron chi connectivity index (χ2n) is 4.32. The Labute approximate surface area is 124 Å². The zero-order valence-electron chi connectivity index (χ0n) is 10.9. The number of hydrogen-bond donors (Lipinski definition) is 2. The number of hydrazine groups is 1. The van der Waals surface area contributed by atoms with Gasteiger partial charge >= 0.3 is 0 Å². The average molecular weight is 304 g/mol. The number of rotatable bonds is 2. The van der Waals surface area contributed by atoms with E-state index in [9.17, 15) is 9.59 Å². The summed E-state index contributed by atoms with van der Waals surface area (Å²) in [5.74, 6) is 0.270. The van der Waals surface area contributed by atoms with Crippen LogP contribution in [-0.4, -0.2) is 24.5 Å². The Balaban J connectivity index is 1.56. The van der Waals surface area contributed by atoms with Crippen molar-refractivity contribution in [2.45, 2.75) is 6.10 Å². The summed E-state index contributed by atoms with van der Waals surface area (Å²) in [5, 5.41) is 3.48. The molecule has 1 aliphatic rings. The van der Waals surface area contributed by atoms with Crippen LogP contribution in [-0.2, 0) is 4.79 Å². The monoisotopic (exact) mass is 304 g/mol. The number of nitrogens with one attached hydrogen (secondary N) is 2. The fraction of sp³-hybridized carbons (Fsp3) is 0.143. The van der Waals surface area contributed by atoms with E-state index in [4.69, 9.17) is 9.47 Å². The smallest absolute Gasteiger partial charge is 0.283 e. The molecule has 7 heteroatoms. The van der Waals surface area contributed by atoms with Crippen LogP contribution < -0.4 is 20.3 Å². The number of carbonyl (C=O) groups is 2. The average Bonchev–Trinajstić information content (AvgIpc) is 3.06. The van der Waals surface area contributed by atoms with Crippen LogP contribution in [0.15, 0.2) is 41.1 Å². The SMILES string of the molecule is O=C(NNC(=O)C1COc2ccccc2O1)c1ccsc1. The van der Waals surface area contributed by atoms with Crippen LogP contribution >= 0.6 is 11.3 Å². The Morgan fingerprint density at radius 2 is 1.95 bits per heavy atom.